The van der Waals surface area contributed by atoms with Gasteiger partial charge in [-0.2, -0.15) is 0 Å². The molecule has 4 fully saturated rings. The molecule has 1 saturated carbocycles. The van der Waals surface area contributed by atoms with Crippen molar-refractivity contribution in [3.05, 3.63) is 58.6 Å². The molecule has 0 aromatic heterocycles. The molecule has 170 valence electrons. The fraction of sp³-hybridized carbons (Fsp3) is 0.500. The lowest BCUT2D eigenvalue weighted by atomic mass is 9.74. The summed E-state index contributed by atoms with van der Waals surface area (Å²) >= 11 is 0. The Morgan fingerprint density at radius 1 is 1.16 bits per heavy atom. The van der Waals surface area contributed by atoms with Crippen molar-refractivity contribution in [2.24, 2.45) is 11.8 Å². The summed E-state index contributed by atoms with van der Waals surface area (Å²) < 4.78 is 26.9. The minimum atomic E-state index is -0.728. The van der Waals surface area contributed by atoms with Crippen LogP contribution in [-0.2, 0) is 16.1 Å². The summed E-state index contributed by atoms with van der Waals surface area (Å²) in [7, 11) is 0. The molecule has 1 aliphatic carbocycles. The Morgan fingerprint density at radius 3 is 2.69 bits per heavy atom. The minimum absolute atomic E-state index is 0.0557. The van der Waals surface area contributed by atoms with Gasteiger partial charge in [-0.15, -0.1) is 0 Å². The molecule has 32 heavy (non-hydrogen) atoms. The summed E-state index contributed by atoms with van der Waals surface area (Å²) in [5.74, 6) is -0.999. The second-order valence-corrected chi connectivity index (χ2v) is 9.33. The van der Waals surface area contributed by atoms with E-state index in [0.717, 1.165) is 37.9 Å². The van der Waals surface area contributed by atoms with Crippen LogP contribution in [0.3, 0.4) is 0 Å². The van der Waals surface area contributed by atoms with Crippen molar-refractivity contribution < 1.29 is 23.5 Å². The number of nitrogens with one attached hydrogen (secondary N) is 1. The lowest BCUT2D eigenvalue weighted by Gasteiger charge is -2.50. The van der Waals surface area contributed by atoms with Crippen LogP contribution in [0, 0.1) is 23.5 Å². The monoisotopic (exact) mass is 443 g/mol. The maximum absolute atomic E-state index is 13.9. The standard InChI is InChI=1S/C24H27F2N3O3/c25-18-6-5-16(19(26)10-18)11-27-23(31)17-9-21(30)22-24(32)29-8-7-14-1-3-15(4-2-14)20(29)13-28(22)12-17/h5-6,10,12,14-15,20,30H,1-4,7-9,11,13H2,(H,27,31)/t14-,15+,20-/m1/s1. The number of allylic oxidation sites excluding steroid dienone is 1. The molecule has 1 atom stereocenters. The van der Waals surface area contributed by atoms with Crippen molar-refractivity contribution in [3.8, 4) is 0 Å². The Kier molecular flexibility index (Phi) is 5.39. The molecule has 0 radical (unpaired) electrons. The summed E-state index contributed by atoms with van der Waals surface area (Å²) in [6.45, 7) is 1.18. The van der Waals surface area contributed by atoms with Gasteiger partial charge in [0.25, 0.3) is 5.91 Å². The number of aliphatic hydroxyl groups is 1. The van der Waals surface area contributed by atoms with E-state index in [9.17, 15) is 23.5 Å². The molecule has 6 nitrogen and oxygen atoms in total. The van der Waals surface area contributed by atoms with Crippen LogP contribution in [0.25, 0.3) is 0 Å². The largest absolute Gasteiger partial charge is 0.510 e. The number of carbonyl (C=O) groups is 2. The predicted octanol–water partition coefficient (Wildman–Crippen LogP) is 3.36. The first-order chi connectivity index (χ1) is 15.4. The zero-order chi connectivity index (χ0) is 22.4. The molecule has 2 N–H and O–H groups in total. The molecule has 8 heteroatoms. The van der Waals surface area contributed by atoms with Crippen LogP contribution in [0.15, 0.2) is 41.4 Å². The van der Waals surface area contributed by atoms with Crippen molar-refractivity contribution in [2.75, 3.05) is 13.1 Å². The quantitative estimate of drug-likeness (QED) is 0.752. The average molecular weight is 443 g/mol. The molecule has 6 rings (SSSR count). The van der Waals surface area contributed by atoms with E-state index in [1.165, 1.54) is 18.9 Å². The molecule has 4 heterocycles. The Morgan fingerprint density at radius 2 is 1.94 bits per heavy atom. The molecule has 5 aliphatic rings. The zero-order valence-corrected chi connectivity index (χ0v) is 17.8. The van der Waals surface area contributed by atoms with E-state index in [2.05, 4.69) is 5.32 Å². The molecular weight excluding hydrogens is 416 g/mol. The van der Waals surface area contributed by atoms with Crippen LogP contribution in [0.2, 0.25) is 0 Å². The van der Waals surface area contributed by atoms with Crippen molar-refractivity contribution >= 4 is 11.8 Å². The van der Waals surface area contributed by atoms with Gasteiger partial charge in [-0.05, 0) is 37.2 Å². The molecule has 1 aromatic rings. The second-order valence-electron chi connectivity index (χ2n) is 9.33. The Hall–Kier alpha value is -2.90. The van der Waals surface area contributed by atoms with Crippen LogP contribution >= 0.6 is 0 Å². The van der Waals surface area contributed by atoms with Gasteiger partial charge in [-0.25, -0.2) is 8.78 Å². The number of carbonyl (C=O) groups excluding carboxylic acids is 2. The molecule has 4 aliphatic heterocycles. The fourth-order valence-electron chi connectivity index (χ4n) is 5.65. The first-order valence-corrected chi connectivity index (χ1v) is 11.3. The van der Waals surface area contributed by atoms with Gasteiger partial charge in [-0.3, -0.25) is 9.59 Å². The third-order valence-electron chi connectivity index (χ3n) is 7.44. The number of halogens is 2. The number of rotatable bonds is 3. The molecule has 3 saturated heterocycles. The van der Waals surface area contributed by atoms with Crippen molar-refractivity contribution in [1.29, 1.82) is 0 Å². The van der Waals surface area contributed by atoms with E-state index in [4.69, 9.17) is 0 Å². The maximum Gasteiger partial charge on any atom is 0.274 e. The number of hydrogen-bond donors (Lipinski definition) is 2. The van der Waals surface area contributed by atoms with Gasteiger partial charge in [0, 0.05) is 49.5 Å². The normalized spacial score (nSPS) is 27.4. The lowest BCUT2D eigenvalue weighted by molar-refractivity contribution is -0.138. The van der Waals surface area contributed by atoms with Crippen LogP contribution in [-0.4, -0.2) is 45.9 Å². The average Bonchev–Trinajstić information content (AvgIpc) is 2.75. The van der Waals surface area contributed by atoms with Gasteiger partial charge in [0.15, 0.2) is 0 Å². The highest BCUT2D eigenvalue weighted by Crippen LogP contribution is 2.41. The molecule has 2 bridgehead atoms. The Bertz CT molecular complexity index is 1010. The third kappa shape index (κ3) is 3.76. The summed E-state index contributed by atoms with van der Waals surface area (Å²) in [6, 6.07) is 3.28. The highest BCUT2D eigenvalue weighted by Gasteiger charge is 2.45. The fourth-order valence-corrected chi connectivity index (χ4v) is 5.65. The van der Waals surface area contributed by atoms with E-state index in [1.807, 2.05) is 4.90 Å². The maximum atomic E-state index is 13.9. The number of amides is 2. The molecule has 0 spiro atoms. The summed E-state index contributed by atoms with van der Waals surface area (Å²) in [4.78, 5) is 29.7. The number of aliphatic hydroxyl groups excluding tert-OH is 1. The van der Waals surface area contributed by atoms with E-state index >= 15 is 0 Å². The molecule has 2 amide bonds. The van der Waals surface area contributed by atoms with Crippen molar-refractivity contribution in [2.45, 2.75) is 51.1 Å². The van der Waals surface area contributed by atoms with Gasteiger partial charge in [0.05, 0.1) is 6.04 Å². The van der Waals surface area contributed by atoms with Gasteiger partial charge < -0.3 is 20.2 Å². The van der Waals surface area contributed by atoms with Crippen LogP contribution in [0.1, 0.15) is 44.1 Å². The van der Waals surface area contributed by atoms with E-state index in [-0.39, 0.29) is 41.9 Å². The minimum Gasteiger partial charge on any atom is -0.510 e. The highest BCUT2D eigenvalue weighted by atomic mass is 19.1. The first-order valence-electron chi connectivity index (χ1n) is 11.3. The van der Waals surface area contributed by atoms with Crippen molar-refractivity contribution in [3.63, 3.8) is 0 Å². The number of nitrogens with zero attached hydrogens (tertiary/aromatic N) is 2. The Balaban J connectivity index is 1.33. The molecule has 0 unspecified atom stereocenters. The van der Waals surface area contributed by atoms with Gasteiger partial charge >= 0.3 is 0 Å². The first kappa shape index (κ1) is 21.0. The highest BCUT2D eigenvalue weighted by molar-refractivity contribution is 5.98. The molecule has 1 aromatic carbocycles. The van der Waals surface area contributed by atoms with Crippen LogP contribution in [0.4, 0.5) is 8.78 Å². The SMILES string of the molecule is O=C(NCc1ccc(F)cc1F)C1=CN2C[C@@H]3[C@H]4CC[C@@H](CCN3C(=O)C2=C(O)C1)CC4. The van der Waals surface area contributed by atoms with E-state index < -0.39 is 17.5 Å². The van der Waals surface area contributed by atoms with Gasteiger partial charge in [-0.1, -0.05) is 18.9 Å². The molecular formula is C24H27F2N3O3. The topological polar surface area (TPSA) is 72.9 Å². The van der Waals surface area contributed by atoms with Crippen LogP contribution < -0.4 is 5.32 Å². The number of benzene rings is 1. The van der Waals surface area contributed by atoms with E-state index in [1.54, 1.807) is 11.1 Å². The smallest absolute Gasteiger partial charge is 0.274 e. The second kappa shape index (κ2) is 8.22. The predicted molar refractivity (Wildman–Crippen MR) is 113 cm³/mol. The lowest BCUT2D eigenvalue weighted by Crippen LogP contribution is -2.59. The Labute approximate surface area is 185 Å². The third-order valence-corrected chi connectivity index (χ3v) is 7.44. The number of fused-ring (bicyclic) bond motifs is 4. The van der Waals surface area contributed by atoms with Crippen molar-refractivity contribution in [1.82, 2.24) is 15.1 Å². The summed E-state index contributed by atoms with van der Waals surface area (Å²) in [6.07, 6.45) is 7.23. The number of hydrogen-bond acceptors (Lipinski definition) is 4. The van der Waals surface area contributed by atoms with E-state index in [0.29, 0.717) is 24.0 Å². The zero-order valence-electron chi connectivity index (χ0n) is 17.8. The number of piperazine rings is 1. The summed E-state index contributed by atoms with van der Waals surface area (Å²) in [5, 5.41) is 13.3. The summed E-state index contributed by atoms with van der Waals surface area (Å²) in [5.41, 5.74) is 0.744. The van der Waals surface area contributed by atoms with Crippen LogP contribution in [0.5, 0.6) is 0 Å². The van der Waals surface area contributed by atoms with Gasteiger partial charge in [0.1, 0.15) is 23.1 Å². The van der Waals surface area contributed by atoms with Gasteiger partial charge in [0.2, 0.25) is 5.91 Å².